The lowest BCUT2D eigenvalue weighted by atomic mass is 10.4. The number of nitrogens with zero attached hydrogens (tertiary/aromatic N) is 1. The van der Waals surface area contributed by atoms with Crippen LogP contribution in [-0.4, -0.2) is 45.1 Å². The molecule has 1 fully saturated rings. The van der Waals surface area contributed by atoms with Crippen LogP contribution in [0.25, 0.3) is 0 Å². The maximum atomic E-state index is 12.6. The van der Waals surface area contributed by atoms with E-state index >= 15 is 0 Å². The highest BCUT2D eigenvalue weighted by atomic mass is 32.2. The van der Waals surface area contributed by atoms with Gasteiger partial charge in [0.2, 0.25) is 0 Å². The van der Waals surface area contributed by atoms with Crippen molar-refractivity contribution in [3.05, 3.63) is 17.0 Å². The lowest BCUT2D eigenvalue weighted by molar-refractivity contribution is 0.0752. The number of hydrogen-bond donors (Lipinski definition) is 1. The van der Waals surface area contributed by atoms with E-state index in [1.165, 1.54) is 11.3 Å². The van der Waals surface area contributed by atoms with Crippen LogP contribution in [-0.2, 0) is 21.3 Å². The first kappa shape index (κ1) is 15.9. The number of hydrogen-bond acceptors (Lipinski definition) is 5. The molecule has 0 aromatic carbocycles. The molecule has 0 amide bonds. The van der Waals surface area contributed by atoms with Gasteiger partial charge in [-0.3, -0.25) is 0 Å². The van der Waals surface area contributed by atoms with Crippen molar-refractivity contribution in [1.82, 2.24) is 9.62 Å². The summed E-state index contributed by atoms with van der Waals surface area (Å²) in [5.74, 6) is 0. The summed E-state index contributed by atoms with van der Waals surface area (Å²) in [4.78, 5) is 1.05. The number of nitrogens with one attached hydrogen (secondary N) is 1. The third-order valence-corrected chi connectivity index (χ3v) is 6.61. The van der Waals surface area contributed by atoms with Crippen molar-refractivity contribution in [3.8, 4) is 0 Å². The zero-order valence-electron chi connectivity index (χ0n) is 12.0. The molecule has 1 aliphatic heterocycles. The molecule has 0 aliphatic carbocycles. The van der Waals surface area contributed by atoms with Crippen molar-refractivity contribution in [2.45, 2.75) is 37.1 Å². The van der Waals surface area contributed by atoms with Crippen molar-refractivity contribution >= 4 is 21.4 Å². The van der Waals surface area contributed by atoms with Gasteiger partial charge in [-0.2, -0.15) is 4.31 Å². The smallest absolute Gasteiger partial charge is 0.252 e. The van der Waals surface area contributed by atoms with Crippen LogP contribution in [0, 0.1) is 0 Å². The molecule has 1 aliphatic rings. The van der Waals surface area contributed by atoms with E-state index in [1.54, 1.807) is 10.4 Å². The molecule has 1 unspecified atom stereocenters. The molecule has 2 heterocycles. The average Bonchev–Trinajstić information content (AvgIpc) is 2.78. The Bertz CT molecular complexity index is 527. The Labute approximate surface area is 125 Å². The summed E-state index contributed by atoms with van der Waals surface area (Å²) in [6.45, 7) is 7.14. The normalized spacial score (nSPS) is 21.8. The Kier molecular flexibility index (Phi) is 5.57. The van der Waals surface area contributed by atoms with Crippen molar-refractivity contribution < 1.29 is 13.2 Å². The summed E-state index contributed by atoms with van der Waals surface area (Å²) in [7, 11) is -3.38. The number of thiophene rings is 1. The highest BCUT2D eigenvalue weighted by molar-refractivity contribution is 7.91. The van der Waals surface area contributed by atoms with Gasteiger partial charge in [-0.1, -0.05) is 6.92 Å². The molecule has 7 heteroatoms. The van der Waals surface area contributed by atoms with Gasteiger partial charge >= 0.3 is 0 Å². The third kappa shape index (κ3) is 3.79. The monoisotopic (exact) mass is 318 g/mol. The fourth-order valence-electron chi connectivity index (χ4n) is 2.14. The molecule has 1 saturated heterocycles. The second-order valence-corrected chi connectivity index (χ2v) is 8.23. The molecule has 0 bridgehead atoms. The summed E-state index contributed by atoms with van der Waals surface area (Å²) in [6, 6.07) is 3.60. The molecule has 2 rings (SSSR count). The van der Waals surface area contributed by atoms with Crippen LogP contribution < -0.4 is 5.32 Å². The Morgan fingerprint density at radius 2 is 2.30 bits per heavy atom. The second kappa shape index (κ2) is 7.00. The van der Waals surface area contributed by atoms with E-state index in [0.717, 1.165) is 24.4 Å². The lowest BCUT2D eigenvalue weighted by Gasteiger charge is -2.20. The summed E-state index contributed by atoms with van der Waals surface area (Å²) in [6.07, 6.45) is 0.701. The van der Waals surface area contributed by atoms with Crippen molar-refractivity contribution in [2.75, 3.05) is 26.2 Å². The Balaban J connectivity index is 2.14. The summed E-state index contributed by atoms with van der Waals surface area (Å²) in [5, 5.41) is 3.21. The van der Waals surface area contributed by atoms with Gasteiger partial charge in [0.1, 0.15) is 4.21 Å². The summed E-state index contributed by atoms with van der Waals surface area (Å²) >= 11 is 1.35. The van der Waals surface area contributed by atoms with Gasteiger partial charge in [0, 0.05) is 31.1 Å². The van der Waals surface area contributed by atoms with Gasteiger partial charge in [-0.05, 0) is 32.0 Å². The zero-order chi connectivity index (χ0) is 14.6. The largest absolute Gasteiger partial charge is 0.377 e. The zero-order valence-corrected chi connectivity index (χ0v) is 13.6. The van der Waals surface area contributed by atoms with Crippen LogP contribution in [0.1, 0.15) is 25.1 Å². The molecule has 0 saturated carbocycles. The molecule has 20 heavy (non-hydrogen) atoms. The van der Waals surface area contributed by atoms with E-state index < -0.39 is 10.0 Å². The van der Waals surface area contributed by atoms with Crippen LogP contribution in [0.3, 0.4) is 0 Å². The van der Waals surface area contributed by atoms with Crippen LogP contribution in [0.2, 0.25) is 0 Å². The van der Waals surface area contributed by atoms with Gasteiger partial charge in [0.25, 0.3) is 10.0 Å². The SMILES string of the molecule is CCNCc1ccc(S(=O)(=O)N2CCCOC(C)C2)s1. The third-order valence-electron chi connectivity index (χ3n) is 3.20. The Morgan fingerprint density at radius 1 is 1.50 bits per heavy atom. The molecular weight excluding hydrogens is 296 g/mol. The minimum absolute atomic E-state index is 0.0477. The van der Waals surface area contributed by atoms with Gasteiger partial charge in [-0.15, -0.1) is 11.3 Å². The van der Waals surface area contributed by atoms with E-state index in [9.17, 15) is 8.42 Å². The fourth-order valence-corrected chi connectivity index (χ4v) is 5.18. The highest BCUT2D eigenvalue weighted by Gasteiger charge is 2.29. The Morgan fingerprint density at radius 3 is 3.05 bits per heavy atom. The van der Waals surface area contributed by atoms with E-state index in [1.807, 2.05) is 19.9 Å². The first-order chi connectivity index (χ1) is 9.54. The molecule has 1 atom stereocenters. The summed E-state index contributed by atoms with van der Waals surface area (Å²) in [5.41, 5.74) is 0. The molecule has 5 nitrogen and oxygen atoms in total. The first-order valence-electron chi connectivity index (χ1n) is 6.95. The second-order valence-electron chi connectivity index (χ2n) is 4.90. The minimum Gasteiger partial charge on any atom is -0.377 e. The average molecular weight is 318 g/mol. The van der Waals surface area contributed by atoms with Crippen molar-refractivity contribution in [3.63, 3.8) is 0 Å². The topological polar surface area (TPSA) is 58.6 Å². The molecule has 0 spiro atoms. The van der Waals surface area contributed by atoms with Crippen LogP contribution in [0.15, 0.2) is 16.3 Å². The van der Waals surface area contributed by atoms with Crippen LogP contribution in [0.5, 0.6) is 0 Å². The van der Waals surface area contributed by atoms with Crippen LogP contribution in [0.4, 0.5) is 0 Å². The maximum absolute atomic E-state index is 12.6. The molecule has 1 aromatic rings. The number of ether oxygens (including phenoxy) is 1. The van der Waals surface area contributed by atoms with Gasteiger partial charge < -0.3 is 10.1 Å². The minimum atomic E-state index is -3.38. The number of sulfonamides is 1. The molecule has 1 aromatic heterocycles. The van der Waals surface area contributed by atoms with Crippen LogP contribution >= 0.6 is 11.3 Å². The van der Waals surface area contributed by atoms with E-state index in [0.29, 0.717) is 23.9 Å². The van der Waals surface area contributed by atoms with Crippen molar-refractivity contribution in [1.29, 1.82) is 0 Å². The molecular formula is C13H22N2O3S2. The van der Waals surface area contributed by atoms with Crippen molar-refractivity contribution in [2.24, 2.45) is 0 Å². The van der Waals surface area contributed by atoms with Gasteiger partial charge in [-0.25, -0.2) is 8.42 Å². The fraction of sp³-hybridized carbons (Fsp3) is 0.692. The van der Waals surface area contributed by atoms with Gasteiger partial charge in [0.15, 0.2) is 0 Å². The Hall–Kier alpha value is -0.470. The predicted molar refractivity (Wildman–Crippen MR) is 80.5 cm³/mol. The molecule has 114 valence electrons. The maximum Gasteiger partial charge on any atom is 0.252 e. The van der Waals surface area contributed by atoms with E-state index in [2.05, 4.69) is 5.32 Å². The first-order valence-corrected chi connectivity index (χ1v) is 9.21. The van der Waals surface area contributed by atoms with E-state index in [4.69, 9.17) is 4.74 Å². The highest BCUT2D eigenvalue weighted by Crippen LogP contribution is 2.26. The predicted octanol–water partition coefficient (Wildman–Crippen LogP) is 1.66. The lowest BCUT2D eigenvalue weighted by Crippen LogP contribution is -2.35. The summed E-state index contributed by atoms with van der Waals surface area (Å²) < 4.78 is 32.8. The molecule has 0 radical (unpaired) electrons. The van der Waals surface area contributed by atoms with E-state index in [-0.39, 0.29) is 6.10 Å². The quantitative estimate of drug-likeness (QED) is 0.897. The number of rotatable bonds is 5. The standard InChI is InChI=1S/C13H22N2O3S2/c1-3-14-9-12-5-6-13(19-12)20(16,17)15-7-4-8-18-11(2)10-15/h5-6,11,14H,3-4,7-10H2,1-2H3. The van der Waals surface area contributed by atoms with Gasteiger partial charge in [0.05, 0.1) is 6.10 Å². The molecule has 1 N–H and O–H groups in total.